The van der Waals surface area contributed by atoms with Crippen LogP contribution in [0.2, 0.25) is 0 Å². The Bertz CT molecular complexity index is 215. The van der Waals surface area contributed by atoms with Crippen molar-refractivity contribution in [1.82, 2.24) is 5.32 Å². The first kappa shape index (κ1) is 9.97. The summed E-state index contributed by atoms with van der Waals surface area (Å²) >= 11 is 0. The van der Waals surface area contributed by atoms with Crippen molar-refractivity contribution < 1.29 is 9.53 Å². The Hall–Kier alpha value is -0.570. The van der Waals surface area contributed by atoms with E-state index in [2.05, 4.69) is 5.32 Å². The summed E-state index contributed by atoms with van der Waals surface area (Å²) in [6.45, 7) is 2.65. The van der Waals surface area contributed by atoms with Crippen LogP contribution in [0.5, 0.6) is 0 Å². The number of esters is 1. The number of carbonyl (C=O) groups excluding carboxylic acids is 1. The predicted octanol–water partition coefficient (Wildman–Crippen LogP) is 1.47. The summed E-state index contributed by atoms with van der Waals surface area (Å²) in [6, 6.07) is 0.599. The fourth-order valence-electron chi connectivity index (χ4n) is 2.85. The summed E-state index contributed by atoms with van der Waals surface area (Å²) in [5.41, 5.74) is 0. The van der Waals surface area contributed by atoms with Gasteiger partial charge in [0.05, 0.1) is 0 Å². The summed E-state index contributed by atoms with van der Waals surface area (Å²) in [4.78, 5) is 10.9. The van der Waals surface area contributed by atoms with Crippen LogP contribution in [-0.2, 0) is 9.53 Å². The van der Waals surface area contributed by atoms with Crippen molar-refractivity contribution in [3.63, 3.8) is 0 Å². The van der Waals surface area contributed by atoms with Crippen LogP contribution in [0.15, 0.2) is 0 Å². The molecule has 0 amide bonds. The quantitative estimate of drug-likeness (QED) is 0.647. The van der Waals surface area contributed by atoms with Crippen molar-refractivity contribution >= 4 is 5.97 Å². The second-order valence-corrected chi connectivity index (χ2v) is 4.45. The van der Waals surface area contributed by atoms with Crippen LogP contribution in [0.3, 0.4) is 0 Å². The fraction of sp³-hybridized carbons (Fsp3) is 0.909. The van der Waals surface area contributed by atoms with Gasteiger partial charge >= 0.3 is 5.97 Å². The molecule has 0 aromatic carbocycles. The zero-order valence-corrected chi connectivity index (χ0v) is 8.79. The Morgan fingerprint density at radius 3 is 2.93 bits per heavy atom. The van der Waals surface area contributed by atoms with Crippen molar-refractivity contribution in [3.8, 4) is 0 Å². The molecule has 0 bridgehead atoms. The molecular weight excluding hydrogens is 178 g/mol. The molecule has 2 rings (SSSR count). The molecule has 0 aromatic heterocycles. The first-order chi connectivity index (χ1) is 6.77. The van der Waals surface area contributed by atoms with E-state index >= 15 is 0 Å². The van der Waals surface area contributed by atoms with E-state index in [0.717, 1.165) is 13.0 Å². The van der Waals surface area contributed by atoms with Crippen molar-refractivity contribution in [3.05, 3.63) is 0 Å². The van der Waals surface area contributed by atoms with Gasteiger partial charge in [0, 0.05) is 18.9 Å². The van der Waals surface area contributed by atoms with E-state index in [9.17, 15) is 4.79 Å². The van der Waals surface area contributed by atoms with Crippen LogP contribution in [0.1, 0.15) is 39.0 Å². The Labute approximate surface area is 85.2 Å². The molecule has 0 aromatic rings. The molecule has 1 aliphatic carbocycles. The predicted molar refractivity (Wildman–Crippen MR) is 53.9 cm³/mol. The first-order valence-corrected chi connectivity index (χ1v) is 5.68. The molecule has 3 atom stereocenters. The lowest BCUT2D eigenvalue weighted by molar-refractivity contribution is -0.152. The number of nitrogens with one attached hydrogen (secondary N) is 1. The summed E-state index contributed by atoms with van der Waals surface area (Å²) in [5, 5.41) is 3.53. The van der Waals surface area contributed by atoms with Gasteiger partial charge in [-0.15, -0.1) is 0 Å². The van der Waals surface area contributed by atoms with E-state index in [1.54, 1.807) is 0 Å². The van der Waals surface area contributed by atoms with Gasteiger partial charge < -0.3 is 10.1 Å². The highest BCUT2D eigenvalue weighted by Crippen LogP contribution is 2.32. The minimum Gasteiger partial charge on any atom is -0.462 e. The third-order valence-electron chi connectivity index (χ3n) is 3.44. The third kappa shape index (κ3) is 2.08. The second-order valence-electron chi connectivity index (χ2n) is 4.45. The molecule has 0 unspecified atom stereocenters. The standard InChI is InChI=1S/C11H19NO2/c1-8(13)14-11-6-2-5-10-9(11)4-3-7-12-10/h9-12H,2-7H2,1H3/t9-,10+,11-/m1/s1. The van der Waals surface area contributed by atoms with Crippen molar-refractivity contribution in [1.29, 1.82) is 0 Å². The maximum absolute atomic E-state index is 10.9. The van der Waals surface area contributed by atoms with Gasteiger partial charge in [0.25, 0.3) is 0 Å². The fourth-order valence-corrected chi connectivity index (χ4v) is 2.85. The minimum atomic E-state index is -0.124. The molecule has 80 valence electrons. The highest BCUT2D eigenvalue weighted by molar-refractivity contribution is 5.66. The number of carbonyl (C=O) groups is 1. The molecule has 1 heterocycles. The Morgan fingerprint density at radius 1 is 1.29 bits per heavy atom. The first-order valence-electron chi connectivity index (χ1n) is 5.68. The molecular formula is C11H19NO2. The lowest BCUT2D eigenvalue weighted by Crippen LogP contribution is -2.49. The maximum atomic E-state index is 10.9. The van der Waals surface area contributed by atoms with Gasteiger partial charge in [0.1, 0.15) is 6.10 Å². The van der Waals surface area contributed by atoms with Crippen LogP contribution < -0.4 is 5.32 Å². The largest absolute Gasteiger partial charge is 0.462 e. The highest BCUT2D eigenvalue weighted by atomic mass is 16.5. The number of rotatable bonds is 1. The van der Waals surface area contributed by atoms with Gasteiger partial charge in [-0.1, -0.05) is 0 Å². The average Bonchev–Trinajstić information content (AvgIpc) is 2.18. The van der Waals surface area contributed by atoms with Crippen LogP contribution in [0.4, 0.5) is 0 Å². The average molecular weight is 197 g/mol. The van der Waals surface area contributed by atoms with Crippen LogP contribution in [0.25, 0.3) is 0 Å². The van der Waals surface area contributed by atoms with Gasteiger partial charge in [-0.2, -0.15) is 0 Å². The molecule has 1 saturated carbocycles. The summed E-state index contributed by atoms with van der Waals surface area (Å²) in [7, 11) is 0. The zero-order valence-electron chi connectivity index (χ0n) is 8.79. The zero-order chi connectivity index (χ0) is 9.97. The molecule has 2 aliphatic rings. The van der Waals surface area contributed by atoms with Crippen molar-refractivity contribution in [2.45, 2.75) is 51.2 Å². The molecule has 3 nitrogen and oxygen atoms in total. The Kier molecular flexibility index (Phi) is 3.06. The van der Waals surface area contributed by atoms with Gasteiger partial charge in [-0.05, 0) is 38.6 Å². The van der Waals surface area contributed by atoms with Crippen molar-refractivity contribution in [2.75, 3.05) is 6.54 Å². The van der Waals surface area contributed by atoms with Crippen LogP contribution in [0, 0.1) is 5.92 Å². The number of hydrogen-bond acceptors (Lipinski definition) is 3. The molecule has 3 heteroatoms. The van der Waals surface area contributed by atoms with E-state index < -0.39 is 0 Å². The minimum absolute atomic E-state index is 0.124. The molecule has 1 aliphatic heterocycles. The third-order valence-corrected chi connectivity index (χ3v) is 3.44. The second kappa shape index (κ2) is 4.30. The van der Waals surface area contributed by atoms with Gasteiger partial charge in [-0.3, -0.25) is 4.79 Å². The number of fused-ring (bicyclic) bond motifs is 1. The van der Waals surface area contributed by atoms with Crippen LogP contribution in [-0.4, -0.2) is 24.7 Å². The number of ether oxygens (including phenoxy) is 1. The van der Waals surface area contributed by atoms with E-state index in [4.69, 9.17) is 4.74 Å². The van der Waals surface area contributed by atoms with Crippen molar-refractivity contribution in [2.24, 2.45) is 5.92 Å². The monoisotopic (exact) mass is 197 g/mol. The normalized spacial score (nSPS) is 37.4. The molecule has 0 radical (unpaired) electrons. The Morgan fingerprint density at radius 2 is 2.14 bits per heavy atom. The molecule has 1 saturated heterocycles. The van der Waals surface area contributed by atoms with E-state index in [1.807, 2.05) is 0 Å². The lowest BCUT2D eigenvalue weighted by atomic mass is 9.77. The summed E-state index contributed by atoms with van der Waals surface area (Å²) in [5.74, 6) is 0.447. The summed E-state index contributed by atoms with van der Waals surface area (Å²) in [6.07, 6.45) is 6.12. The molecule has 14 heavy (non-hydrogen) atoms. The maximum Gasteiger partial charge on any atom is 0.302 e. The van der Waals surface area contributed by atoms with E-state index in [0.29, 0.717) is 12.0 Å². The smallest absolute Gasteiger partial charge is 0.302 e. The molecule has 1 N–H and O–H groups in total. The van der Waals surface area contributed by atoms with E-state index in [1.165, 1.54) is 32.6 Å². The SMILES string of the molecule is CC(=O)O[C@@H]1CCC[C@@H]2NCCC[C@H]21. The molecule has 0 spiro atoms. The number of piperidine rings is 1. The number of hydrogen-bond donors (Lipinski definition) is 1. The topological polar surface area (TPSA) is 38.3 Å². The Balaban J connectivity index is 1.97. The van der Waals surface area contributed by atoms with Gasteiger partial charge in [0.2, 0.25) is 0 Å². The summed E-state index contributed by atoms with van der Waals surface area (Å²) < 4.78 is 5.38. The molecule has 2 fully saturated rings. The van der Waals surface area contributed by atoms with Gasteiger partial charge in [-0.25, -0.2) is 0 Å². The lowest BCUT2D eigenvalue weighted by Gasteiger charge is -2.41. The highest BCUT2D eigenvalue weighted by Gasteiger charge is 2.36. The van der Waals surface area contributed by atoms with E-state index in [-0.39, 0.29) is 12.1 Å². The van der Waals surface area contributed by atoms with Crippen LogP contribution >= 0.6 is 0 Å². The van der Waals surface area contributed by atoms with Gasteiger partial charge in [0.15, 0.2) is 0 Å².